The molecule has 2 aliphatic rings. The van der Waals surface area contributed by atoms with E-state index in [2.05, 4.69) is 29.2 Å². The maximum atomic E-state index is 11.5. The maximum absolute atomic E-state index is 11.5. The molecule has 0 radical (unpaired) electrons. The van der Waals surface area contributed by atoms with Gasteiger partial charge in [-0.25, -0.2) is 0 Å². The average molecular weight is 326 g/mol. The number of nitrogens with one attached hydrogen (secondary N) is 2. The van der Waals surface area contributed by atoms with Gasteiger partial charge in [0.1, 0.15) is 6.04 Å². The van der Waals surface area contributed by atoms with E-state index in [9.17, 15) is 9.59 Å². The van der Waals surface area contributed by atoms with Crippen LogP contribution in [0.1, 0.15) is 66.2 Å². The van der Waals surface area contributed by atoms with Crippen molar-refractivity contribution < 1.29 is 14.3 Å². The lowest BCUT2D eigenvalue weighted by Crippen LogP contribution is -2.41. The van der Waals surface area contributed by atoms with E-state index in [1.54, 1.807) is 0 Å². The van der Waals surface area contributed by atoms with Crippen LogP contribution in [0.25, 0.3) is 0 Å². The van der Waals surface area contributed by atoms with Gasteiger partial charge in [0.2, 0.25) is 5.91 Å². The van der Waals surface area contributed by atoms with Crippen molar-refractivity contribution >= 4 is 11.9 Å². The fourth-order valence-corrected chi connectivity index (χ4v) is 2.94. The minimum atomic E-state index is -0.132. The Morgan fingerprint density at radius 3 is 2.22 bits per heavy atom. The number of ether oxygens (including phenoxy) is 1. The van der Waals surface area contributed by atoms with Gasteiger partial charge in [-0.05, 0) is 50.5 Å². The number of esters is 1. The number of hydrogen-bond donors (Lipinski definition) is 2. The molecular formula is C18H34N2O3. The van der Waals surface area contributed by atoms with E-state index in [1.807, 2.05) is 13.8 Å². The Morgan fingerprint density at radius 2 is 1.78 bits per heavy atom. The van der Waals surface area contributed by atoms with Crippen molar-refractivity contribution in [3.8, 4) is 0 Å². The third-order valence-electron chi connectivity index (χ3n) is 4.76. The van der Waals surface area contributed by atoms with Gasteiger partial charge in [0.15, 0.2) is 0 Å². The van der Waals surface area contributed by atoms with Crippen molar-refractivity contribution in [1.29, 1.82) is 0 Å². The molecule has 5 heteroatoms. The highest BCUT2D eigenvalue weighted by atomic mass is 16.5. The summed E-state index contributed by atoms with van der Waals surface area (Å²) in [6.45, 7) is 9.46. The van der Waals surface area contributed by atoms with Crippen LogP contribution in [0.15, 0.2) is 0 Å². The first-order valence-corrected chi connectivity index (χ1v) is 8.87. The molecule has 2 N–H and O–H groups in total. The van der Waals surface area contributed by atoms with Gasteiger partial charge in [0, 0.05) is 12.0 Å². The number of methoxy groups -OCH3 is 1. The van der Waals surface area contributed by atoms with Crippen LogP contribution in [0.3, 0.4) is 0 Å². The predicted molar refractivity (Wildman–Crippen MR) is 92.1 cm³/mol. The van der Waals surface area contributed by atoms with Crippen LogP contribution in [0.5, 0.6) is 0 Å². The van der Waals surface area contributed by atoms with Crippen LogP contribution >= 0.6 is 0 Å². The van der Waals surface area contributed by atoms with Crippen molar-refractivity contribution in [2.45, 2.75) is 78.3 Å². The Bertz CT molecular complexity index is 378. The number of amides is 1. The summed E-state index contributed by atoms with van der Waals surface area (Å²) in [7, 11) is 1.42. The van der Waals surface area contributed by atoms with Crippen molar-refractivity contribution in [3.63, 3.8) is 0 Å². The summed E-state index contributed by atoms with van der Waals surface area (Å²) in [4.78, 5) is 22.2. The zero-order chi connectivity index (χ0) is 17.5. The van der Waals surface area contributed by atoms with Crippen molar-refractivity contribution in [2.24, 2.45) is 11.3 Å². The van der Waals surface area contributed by atoms with Gasteiger partial charge in [-0.2, -0.15) is 0 Å². The fourth-order valence-electron chi connectivity index (χ4n) is 2.94. The zero-order valence-electron chi connectivity index (χ0n) is 15.4. The Morgan fingerprint density at radius 1 is 1.17 bits per heavy atom. The standard InChI is InChI=1S/C12H23NO.C6H11NO2/c1-9(2)11(14)13-10-5-7-12(3,4)8-6-10;1-9-6(8)5-3-2-4-7-5/h9-10H,5-8H2,1-4H3,(H,13,14);5,7H,2-4H2,1H3. The second-order valence-electron chi connectivity index (χ2n) is 7.77. The van der Waals surface area contributed by atoms with Crippen LogP contribution in [0, 0.1) is 11.3 Å². The molecule has 1 unspecified atom stereocenters. The number of rotatable bonds is 3. The molecule has 23 heavy (non-hydrogen) atoms. The molecule has 0 aromatic rings. The highest BCUT2D eigenvalue weighted by molar-refractivity contribution is 5.78. The smallest absolute Gasteiger partial charge is 0.322 e. The Balaban J connectivity index is 0.000000253. The maximum Gasteiger partial charge on any atom is 0.322 e. The van der Waals surface area contributed by atoms with E-state index in [0.29, 0.717) is 11.5 Å². The molecular weight excluding hydrogens is 292 g/mol. The molecule has 1 atom stereocenters. The van der Waals surface area contributed by atoms with Crippen molar-refractivity contribution in [3.05, 3.63) is 0 Å². The Kier molecular flexibility index (Phi) is 8.03. The normalized spacial score (nSPS) is 23.8. The fraction of sp³-hybridized carbons (Fsp3) is 0.889. The van der Waals surface area contributed by atoms with E-state index in [-0.39, 0.29) is 23.8 Å². The van der Waals surface area contributed by atoms with Crippen LogP contribution in [0.4, 0.5) is 0 Å². The number of hydrogen-bond acceptors (Lipinski definition) is 4. The molecule has 1 amide bonds. The summed E-state index contributed by atoms with van der Waals surface area (Å²) in [5.74, 6) is 0.187. The molecule has 0 bridgehead atoms. The zero-order valence-corrected chi connectivity index (χ0v) is 15.4. The van der Waals surface area contributed by atoms with E-state index in [1.165, 1.54) is 20.0 Å². The molecule has 2 rings (SSSR count). The first-order chi connectivity index (χ1) is 10.7. The van der Waals surface area contributed by atoms with Gasteiger partial charge < -0.3 is 15.4 Å². The van der Waals surface area contributed by atoms with E-state index in [4.69, 9.17) is 0 Å². The summed E-state index contributed by atoms with van der Waals surface area (Å²) in [5.41, 5.74) is 0.485. The van der Waals surface area contributed by atoms with Gasteiger partial charge in [-0.1, -0.05) is 27.7 Å². The van der Waals surface area contributed by atoms with Crippen molar-refractivity contribution in [1.82, 2.24) is 10.6 Å². The van der Waals surface area contributed by atoms with Gasteiger partial charge in [0.25, 0.3) is 0 Å². The lowest BCUT2D eigenvalue weighted by Gasteiger charge is -2.34. The van der Waals surface area contributed by atoms with Gasteiger partial charge in [-0.3, -0.25) is 9.59 Å². The van der Waals surface area contributed by atoms with Crippen LogP contribution in [-0.4, -0.2) is 37.6 Å². The predicted octanol–water partition coefficient (Wildman–Crippen LogP) is 2.64. The summed E-state index contributed by atoms with van der Waals surface area (Å²) in [6.07, 6.45) is 6.76. The molecule has 1 saturated carbocycles. The molecule has 1 aliphatic carbocycles. The van der Waals surface area contributed by atoms with Gasteiger partial charge >= 0.3 is 5.97 Å². The summed E-state index contributed by atoms with van der Waals surface area (Å²) < 4.78 is 4.53. The van der Waals surface area contributed by atoms with Crippen molar-refractivity contribution in [2.75, 3.05) is 13.7 Å². The highest BCUT2D eigenvalue weighted by Crippen LogP contribution is 2.34. The van der Waals surface area contributed by atoms with Crippen LogP contribution in [-0.2, 0) is 14.3 Å². The lowest BCUT2D eigenvalue weighted by atomic mass is 9.75. The number of carbonyl (C=O) groups excluding carboxylic acids is 2. The molecule has 5 nitrogen and oxygen atoms in total. The monoisotopic (exact) mass is 326 g/mol. The average Bonchev–Trinajstić information content (AvgIpc) is 3.03. The number of carbonyl (C=O) groups is 2. The third-order valence-corrected chi connectivity index (χ3v) is 4.76. The Labute approximate surface area is 140 Å². The quantitative estimate of drug-likeness (QED) is 0.783. The molecule has 0 aromatic heterocycles. The Hall–Kier alpha value is -1.10. The third kappa shape index (κ3) is 7.34. The molecule has 1 aliphatic heterocycles. The van der Waals surface area contributed by atoms with E-state index in [0.717, 1.165) is 32.2 Å². The second-order valence-corrected chi connectivity index (χ2v) is 7.77. The summed E-state index contributed by atoms with van der Waals surface area (Å²) in [6, 6.07) is 0.396. The molecule has 0 aromatic carbocycles. The van der Waals surface area contributed by atoms with E-state index >= 15 is 0 Å². The molecule has 1 saturated heterocycles. The SMILES string of the molecule is CC(C)C(=O)NC1CCC(C)(C)CC1.COC(=O)C1CCCN1. The van der Waals surface area contributed by atoms with Crippen LogP contribution < -0.4 is 10.6 Å². The molecule has 1 heterocycles. The molecule has 0 spiro atoms. The lowest BCUT2D eigenvalue weighted by molar-refractivity contribution is -0.142. The minimum absolute atomic E-state index is 0.0324. The van der Waals surface area contributed by atoms with Crippen LogP contribution in [0.2, 0.25) is 0 Å². The topological polar surface area (TPSA) is 67.4 Å². The molecule has 134 valence electrons. The highest BCUT2D eigenvalue weighted by Gasteiger charge is 2.27. The van der Waals surface area contributed by atoms with Gasteiger partial charge in [-0.15, -0.1) is 0 Å². The first-order valence-electron chi connectivity index (χ1n) is 8.87. The molecule has 2 fully saturated rings. The second kappa shape index (κ2) is 9.26. The minimum Gasteiger partial charge on any atom is -0.468 e. The largest absolute Gasteiger partial charge is 0.468 e. The van der Waals surface area contributed by atoms with Gasteiger partial charge in [0.05, 0.1) is 7.11 Å². The first kappa shape index (κ1) is 19.9. The summed E-state index contributed by atoms with van der Waals surface area (Å²) in [5, 5.41) is 6.15. The van der Waals surface area contributed by atoms with E-state index < -0.39 is 0 Å². The summed E-state index contributed by atoms with van der Waals surface area (Å²) >= 11 is 0.